The van der Waals surface area contributed by atoms with Gasteiger partial charge < -0.3 is 0 Å². The SMILES string of the molecule is CCCc1ccc(S(=O)(=O)N2CCCCC2C)cc1. The molecule has 0 aromatic heterocycles. The van der Waals surface area contributed by atoms with Gasteiger partial charge in [-0.2, -0.15) is 4.31 Å². The highest BCUT2D eigenvalue weighted by Gasteiger charge is 2.30. The first-order chi connectivity index (χ1) is 9.05. The minimum Gasteiger partial charge on any atom is -0.207 e. The molecule has 0 N–H and O–H groups in total. The molecule has 0 amide bonds. The van der Waals surface area contributed by atoms with E-state index in [1.807, 2.05) is 19.1 Å². The number of hydrogen-bond donors (Lipinski definition) is 0. The van der Waals surface area contributed by atoms with Gasteiger partial charge in [0, 0.05) is 12.6 Å². The molecule has 1 aromatic rings. The minimum absolute atomic E-state index is 0.120. The molecule has 0 radical (unpaired) electrons. The molecule has 3 nitrogen and oxygen atoms in total. The van der Waals surface area contributed by atoms with Gasteiger partial charge in [0.05, 0.1) is 4.90 Å². The van der Waals surface area contributed by atoms with Gasteiger partial charge in [-0.1, -0.05) is 31.9 Å². The van der Waals surface area contributed by atoms with E-state index in [2.05, 4.69) is 6.92 Å². The van der Waals surface area contributed by atoms with E-state index in [0.29, 0.717) is 11.4 Å². The Balaban J connectivity index is 2.23. The topological polar surface area (TPSA) is 37.4 Å². The first-order valence-electron chi connectivity index (χ1n) is 7.16. The van der Waals surface area contributed by atoms with Crippen LogP contribution in [0.15, 0.2) is 29.2 Å². The van der Waals surface area contributed by atoms with Crippen molar-refractivity contribution < 1.29 is 8.42 Å². The molecule has 1 fully saturated rings. The number of rotatable bonds is 4. The highest BCUT2D eigenvalue weighted by Crippen LogP contribution is 2.25. The highest BCUT2D eigenvalue weighted by atomic mass is 32.2. The van der Waals surface area contributed by atoms with Crippen LogP contribution in [0.2, 0.25) is 0 Å². The number of benzene rings is 1. The lowest BCUT2D eigenvalue weighted by Crippen LogP contribution is -2.41. The average molecular weight is 281 g/mol. The van der Waals surface area contributed by atoms with E-state index in [1.165, 1.54) is 5.56 Å². The molecular formula is C15H23NO2S. The molecule has 0 saturated carbocycles. The van der Waals surface area contributed by atoms with E-state index in [0.717, 1.165) is 32.1 Å². The zero-order valence-electron chi connectivity index (χ0n) is 11.8. The predicted octanol–water partition coefficient (Wildman–Crippen LogP) is 3.20. The van der Waals surface area contributed by atoms with Crippen LogP contribution in [0.3, 0.4) is 0 Å². The smallest absolute Gasteiger partial charge is 0.207 e. The van der Waals surface area contributed by atoms with Gasteiger partial charge in [0.25, 0.3) is 0 Å². The second-order valence-electron chi connectivity index (χ2n) is 5.35. The summed E-state index contributed by atoms with van der Waals surface area (Å²) in [4.78, 5) is 0.432. The fourth-order valence-corrected chi connectivity index (χ4v) is 4.38. The lowest BCUT2D eigenvalue weighted by Gasteiger charge is -2.32. The van der Waals surface area contributed by atoms with E-state index < -0.39 is 10.0 Å². The van der Waals surface area contributed by atoms with Crippen molar-refractivity contribution in [2.45, 2.75) is 56.9 Å². The molecule has 1 saturated heterocycles. The largest absolute Gasteiger partial charge is 0.243 e. The summed E-state index contributed by atoms with van der Waals surface area (Å²) >= 11 is 0. The van der Waals surface area contributed by atoms with Crippen molar-refractivity contribution in [3.05, 3.63) is 29.8 Å². The van der Waals surface area contributed by atoms with Crippen LogP contribution >= 0.6 is 0 Å². The summed E-state index contributed by atoms with van der Waals surface area (Å²) < 4.78 is 26.8. The van der Waals surface area contributed by atoms with Crippen LogP contribution in [-0.2, 0) is 16.4 Å². The summed E-state index contributed by atoms with van der Waals surface area (Å²) in [6.45, 7) is 4.78. The maximum atomic E-state index is 12.6. The van der Waals surface area contributed by atoms with Crippen LogP contribution in [0.4, 0.5) is 0 Å². The van der Waals surface area contributed by atoms with Crippen molar-refractivity contribution in [2.75, 3.05) is 6.54 Å². The first kappa shape index (κ1) is 14.5. The second kappa shape index (κ2) is 6.06. The molecule has 19 heavy (non-hydrogen) atoms. The molecule has 1 aliphatic heterocycles. The van der Waals surface area contributed by atoms with Crippen molar-refractivity contribution in [3.63, 3.8) is 0 Å². The molecule has 1 atom stereocenters. The van der Waals surface area contributed by atoms with E-state index in [-0.39, 0.29) is 6.04 Å². The van der Waals surface area contributed by atoms with Gasteiger partial charge in [-0.3, -0.25) is 0 Å². The summed E-state index contributed by atoms with van der Waals surface area (Å²) in [7, 11) is -3.31. The molecule has 0 aliphatic carbocycles. The van der Waals surface area contributed by atoms with E-state index >= 15 is 0 Å². The summed E-state index contributed by atoms with van der Waals surface area (Å²) in [5.41, 5.74) is 1.20. The van der Waals surface area contributed by atoms with Crippen molar-refractivity contribution in [2.24, 2.45) is 0 Å². The Morgan fingerprint density at radius 3 is 2.47 bits per heavy atom. The average Bonchev–Trinajstić information content (AvgIpc) is 2.40. The molecule has 4 heteroatoms. The van der Waals surface area contributed by atoms with Crippen LogP contribution < -0.4 is 0 Å². The molecule has 1 aliphatic rings. The van der Waals surface area contributed by atoms with Crippen molar-refractivity contribution in [1.82, 2.24) is 4.31 Å². The van der Waals surface area contributed by atoms with Crippen LogP contribution in [0, 0.1) is 0 Å². The highest BCUT2D eigenvalue weighted by molar-refractivity contribution is 7.89. The molecule has 106 valence electrons. The Labute approximate surface area is 116 Å². The maximum absolute atomic E-state index is 12.6. The molecule has 2 rings (SSSR count). The van der Waals surface area contributed by atoms with E-state index in [9.17, 15) is 8.42 Å². The van der Waals surface area contributed by atoms with Gasteiger partial charge in [-0.15, -0.1) is 0 Å². The van der Waals surface area contributed by atoms with Crippen LogP contribution in [0.5, 0.6) is 0 Å². The quantitative estimate of drug-likeness (QED) is 0.850. The number of nitrogens with zero attached hydrogens (tertiary/aromatic N) is 1. The summed E-state index contributed by atoms with van der Waals surface area (Å²) in [6.07, 6.45) is 5.14. The third kappa shape index (κ3) is 3.18. The number of aryl methyl sites for hydroxylation is 1. The standard InChI is InChI=1S/C15H23NO2S/c1-3-6-14-8-10-15(11-9-14)19(17,18)16-12-5-4-7-13(16)2/h8-11,13H,3-7,12H2,1-2H3. The van der Waals surface area contributed by atoms with Crippen molar-refractivity contribution in [1.29, 1.82) is 0 Å². The van der Waals surface area contributed by atoms with Crippen LogP contribution in [-0.4, -0.2) is 25.3 Å². The lowest BCUT2D eigenvalue weighted by molar-refractivity contribution is 0.268. The molecular weight excluding hydrogens is 258 g/mol. The second-order valence-corrected chi connectivity index (χ2v) is 7.25. The van der Waals surface area contributed by atoms with Gasteiger partial charge in [0.2, 0.25) is 10.0 Å². The Hall–Kier alpha value is -0.870. The fourth-order valence-electron chi connectivity index (χ4n) is 2.68. The van der Waals surface area contributed by atoms with Gasteiger partial charge in [-0.25, -0.2) is 8.42 Å². The fraction of sp³-hybridized carbons (Fsp3) is 0.600. The van der Waals surface area contributed by atoms with Gasteiger partial charge >= 0.3 is 0 Å². The molecule has 1 unspecified atom stereocenters. The lowest BCUT2D eigenvalue weighted by atomic mass is 10.1. The molecule has 0 spiro atoms. The zero-order chi connectivity index (χ0) is 13.9. The van der Waals surface area contributed by atoms with Gasteiger partial charge in [0.1, 0.15) is 0 Å². The third-order valence-corrected chi connectivity index (χ3v) is 5.84. The summed E-state index contributed by atoms with van der Waals surface area (Å²) in [5, 5.41) is 0. The van der Waals surface area contributed by atoms with Crippen LogP contribution in [0.25, 0.3) is 0 Å². The first-order valence-corrected chi connectivity index (χ1v) is 8.60. The van der Waals surface area contributed by atoms with Crippen molar-refractivity contribution in [3.8, 4) is 0 Å². The Bertz CT molecular complexity index is 507. The summed E-state index contributed by atoms with van der Waals surface area (Å²) in [5.74, 6) is 0. The predicted molar refractivity (Wildman–Crippen MR) is 77.6 cm³/mol. The number of piperidine rings is 1. The maximum Gasteiger partial charge on any atom is 0.243 e. The van der Waals surface area contributed by atoms with Gasteiger partial charge in [-0.05, 0) is 43.9 Å². The number of sulfonamides is 1. The van der Waals surface area contributed by atoms with Gasteiger partial charge in [0.15, 0.2) is 0 Å². The van der Waals surface area contributed by atoms with E-state index in [4.69, 9.17) is 0 Å². The van der Waals surface area contributed by atoms with E-state index in [1.54, 1.807) is 16.4 Å². The van der Waals surface area contributed by atoms with Crippen molar-refractivity contribution >= 4 is 10.0 Å². The Kier molecular flexibility index (Phi) is 4.63. The normalized spacial score (nSPS) is 21.5. The zero-order valence-corrected chi connectivity index (χ0v) is 12.6. The monoisotopic (exact) mass is 281 g/mol. The number of hydrogen-bond acceptors (Lipinski definition) is 2. The Morgan fingerprint density at radius 2 is 1.89 bits per heavy atom. The van der Waals surface area contributed by atoms with Crippen LogP contribution in [0.1, 0.15) is 45.1 Å². The third-order valence-electron chi connectivity index (χ3n) is 3.81. The summed E-state index contributed by atoms with van der Waals surface area (Å²) in [6, 6.07) is 7.49. The molecule has 1 heterocycles. The minimum atomic E-state index is -3.31. The molecule has 1 aromatic carbocycles. The Morgan fingerprint density at radius 1 is 1.21 bits per heavy atom. The molecule has 0 bridgehead atoms.